The molecule has 2 amide bonds. The Hall–Kier alpha value is -2.44. The first-order valence-corrected chi connectivity index (χ1v) is 10.1. The van der Waals surface area contributed by atoms with E-state index in [1.165, 1.54) is 17.0 Å². The molecule has 1 atom stereocenters. The molecule has 0 unspecified atom stereocenters. The summed E-state index contributed by atoms with van der Waals surface area (Å²) in [7, 11) is 0. The third-order valence-electron chi connectivity index (χ3n) is 5.90. The maximum atomic E-state index is 13.1. The zero-order valence-corrected chi connectivity index (χ0v) is 16.6. The van der Waals surface area contributed by atoms with Crippen LogP contribution >= 0.6 is 11.6 Å². The minimum atomic E-state index is -0.979. The number of nitrogens with zero attached hydrogens (tertiary/aromatic N) is 2. The molecule has 29 heavy (non-hydrogen) atoms. The Bertz CT molecular complexity index is 909. The van der Waals surface area contributed by atoms with E-state index in [4.69, 9.17) is 11.6 Å². The number of hydrogen-bond donors (Lipinski definition) is 1. The molecule has 2 heterocycles. The van der Waals surface area contributed by atoms with Gasteiger partial charge in [-0.3, -0.25) is 9.59 Å². The molecule has 152 valence electrons. The van der Waals surface area contributed by atoms with Crippen LogP contribution in [0.2, 0.25) is 5.02 Å². The van der Waals surface area contributed by atoms with E-state index in [1.807, 2.05) is 12.1 Å². The fourth-order valence-corrected chi connectivity index (χ4v) is 4.27. The molecule has 2 aliphatic rings. The van der Waals surface area contributed by atoms with Crippen LogP contribution < -0.4 is 4.90 Å². The van der Waals surface area contributed by atoms with Crippen LogP contribution in [0.15, 0.2) is 48.5 Å². The highest BCUT2D eigenvalue weighted by atomic mass is 35.5. The first kappa shape index (κ1) is 19.9. The third-order valence-corrected chi connectivity index (χ3v) is 6.15. The van der Waals surface area contributed by atoms with Gasteiger partial charge in [0.2, 0.25) is 11.8 Å². The standard InChI is InChI=1S/C22H22ClFN2O3/c23-17-3-1-16(2-4-17)22(29)9-11-25(12-10-22)21(28)15-13-20(27)26(14-15)19-7-5-18(24)6-8-19/h1-8,15,29H,9-14H2/t15-/m0/s1. The summed E-state index contributed by atoms with van der Waals surface area (Å²) in [5, 5.41) is 11.6. The van der Waals surface area contributed by atoms with E-state index in [2.05, 4.69) is 0 Å². The molecule has 0 saturated carbocycles. The van der Waals surface area contributed by atoms with Gasteiger partial charge in [-0.05, 0) is 54.8 Å². The van der Waals surface area contributed by atoms with Gasteiger partial charge in [-0.15, -0.1) is 0 Å². The number of likely N-dealkylation sites (tertiary alicyclic amines) is 1. The van der Waals surface area contributed by atoms with Crippen molar-refractivity contribution in [1.29, 1.82) is 0 Å². The molecule has 0 radical (unpaired) electrons. The van der Waals surface area contributed by atoms with Crippen molar-refractivity contribution in [3.63, 3.8) is 0 Å². The molecule has 0 aliphatic carbocycles. The third kappa shape index (κ3) is 4.00. The minimum absolute atomic E-state index is 0.0684. The summed E-state index contributed by atoms with van der Waals surface area (Å²) in [6, 6.07) is 12.8. The molecule has 2 aromatic carbocycles. The number of piperidine rings is 1. The van der Waals surface area contributed by atoms with E-state index in [0.29, 0.717) is 43.2 Å². The zero-order valence-electron chi connectivity index (χ0n) is 15.9. The van der Waals surface area contributed by atoms with E-state index in [-0.39, 0.29) is 24.1 Å². The fourth-order valence-electron chi connectivity index (χ4n) is 4.15. The molecule has 4 rings (SSSR count). The van der Waals surface area contributed by atoms with Crippen molar-refractivity contribution in [3.05, 3.63) is 64.9 Å². The summed E-state index contributed by atoms with van der Waals surface area (Å²) in [5.74, 6) is -0.991. The van der Waals surface area contributed by atoms with Gasteiger partial charge in [0.25, 0.3) is 0 Å². The Balaban J connectivity index is 1.39. The van der Waals surface area contributed by atoms with Crippen LogP contribution in [0.3, 0.4) is 0 Å². The molecule has 1 N–H and O–H groups in total. The normalized spacial score (nSPS) is 21.5. The molecule has 7 heteroatoms. The number of rotatable bonds is 3. The summed E-state index contributed by atoms with van der Waals surface area (Å²) in [4.78, 5) is 28.6. The molecule has 2 aliphatic heterocycles. The second-order valence-electron chi connectivity index (χ2n) is 7.75. The van der Waals surface area contributed by atoms with Crippen molar-refractivity contribution < 1.29 is 19.1 Å². The smallest absolute Gasteiger partial charge is 0.228 e. The van der Waals surface area contributed by atoms with E-state index >= 15 is 0 Å². The predicted octanol–water partition coefficient (Wildman–Crippen LogP) is 3.34. The van der Waals surface area contributed by atoms with Gasteiger partial charge in [0, 0.05) is 36.8 Å². The highest BCUT2D eigenvalue weighted by Crippen LogP contribution is 2.35. The molecular formula is C22H22ClFN2O3. The van der Waals surface area contributed by atoms with E-state index in [9.17, 15) is 19.1 Å². The topological polar surface area (TPSA) is 60.9 Å². The van der Waals surface area contributed by atoms with Gasteiger partial charge >= 0.3 is 0 Å². The molecule has 0 bridgehead atoms. The molecule has 2 fully saturated rings. The van der Waals surface area contributed by atoms with Gasteiger partial charge in [0.05, 0.1) is 11.5 Å². The van der Waals surface area contributed by atoms with Crippen molar-refractivity contribution in [3.8, 4) is 0 Å². The number of carbonyl (C=O) groups is 2. The van der Waals surface area contributed by atoms with Crippen molar-refractivity contribution in [2.24, 2.45) is 5.92 Å². The lowest BCUT2D eigenvalue weighted by molar-refractivity contribution is -0.140. The molecule has 2 aromatic rings. The van der Waals surface area contributed by atoms with Gasteiger partial charge in [0.1, 0.15) is 5.82 Å². The second-order valence-corrected chi connectivity index (χ2v) is 8.18. The summed E-state index contributed by atoms with van der Waals surface area (Å²) < 4.78 is 13.1. The van der Waals surface area contributed by atoms with Crippen molar-refractivity contribution in [1.82, 2.24) is 4.90 Å². The molecule has 2 saturated heterocycles. The Kier molecular flexibility index (Phi) is 5.32. The quantitative estimate of drug-likeness (QED) is 0.834. The van der Waals surface area contributed by atoms with Crippen LogP contribution in [0, 0.1) is 11.7 Å². The largest absolute Gasteiger partial charge is 0.385 e. The monoisotopic (exact) mass is 416 g/mol. The van der Waals surface area contributed by atoms with Crippen molar-refractivity contribution in [2.45, 2.75) is 24.9 Å². The van der Waals surface area contributed by atoms with Crippen LogP contribution in [0.4, 0.5) is 10.1 Å². The zero-order chi connectivity index (χ0) is 20.6. The Morgan fingerprint density at radius 3 is 2.31 bits per heavy atom. The highest BCUT2D eigenvalue weighted by Gasteiger charge is 2.41. The van der Waals surface area contributed by atoms with Crippen molar-refractivity contribution in [2.75, 3.05) is 24.5 Å². The maximum Gasteiger partial charge on any atom is 0.228 e. The summed E-state index contributed by atoms with van der Waals surface area (Å²) in [6.45, 7) is 1.15. The Morgan fingerprint density at radius 1 is 1.07 bits per heavy atom. The van der Waals surface area contributed by atoms with Crippen LogP contribution in [0.25, 0.3) is 0 Å². The van der Waals surface area contributed by atoms with Gasteiger partial charge in [-0.2, -0.15) is 0 Å². The lowest BCUT2D eigenvalue weighted by atomic mass is 9.84. The van der Waals surface area contributed by atoms with Crippen molar-refractivity contribution >= 4 is 29.1 Å². The number of carbonyl (C=O) groups excluding carboxylic acids is 2. The average Bonchev–Trinajstić information content (AvgIpc) is 3.11. The molecule has 5 nitrogen and oxygen atoms in total. The molecule has 0 aromatic heterocycles. The van der Waals surface area contributed by atoms with Gasteiger partial charge in [0.15, 0.2) is 0 Å². The van der Waals surface area contributed by atoms with Crippen LogP contribution in [0.1, 0.15) is 24.8 Å². The second kappa shape index (κ2) is 7.76. The first-order chi connectivity index (χ1) is 13.9. The van der Waals surface area contributed by atoms with Crippen LogP contribution in [-0.2, 0) is 15.2 Å². The summed E-state index contributed by atoms with van der Waals surface area (Å²) in [5.41, 5.74) is 0.419. The SMILES string of the molecule is O=C([C@H]1CC(=O)N(c2ccc(F)cc2)C1)N1CCC(O)(c2ccc(Cl)cc2)CC1. The number of hydrogen-bond acceptors (Lipinski definition) is 3. The van der Waals surface area contributed by atoms with Crippen LogP contribution in [0.5, 0.6) is 0 Å². The number of benzene rings is 2. The Morgan fingerprint density at radius 2 is 1.69 bits per heavy atom. The van der Waals surface area contributed by atoms with Gasteiger partial charge < -0.3 is 14.9 Å². The molecular weight excluding hydrogens is 395 g/mol. The van der Waals surface area contributed by atoms with Crippen LogP contribution in [-0.4, -0.2) is 41.5 Å². The number of halogens is 2. The summed E-state index contributed by atoms with van der Waals surface area (Å²) >= 11 is 5.92. The lowest BCUT2D eigenvalue weighted by Crippen LogP contribution is -2.47. The fraction of sp³-hybridized carbons (Fsp3) is 0.364. The number of amides is 2. The highest BCUT2D eigenvalue weighted by molar-refractivity contribution is 6.30. The maximum absolute atomic E-state index is 13.1. The minimum Gasteiger partial charge on any atom is -0.385 e. The molecule has 0 spiro atoms. The first-order valence-electron chi connectivity index (χ1n) is 9.69. The van der Waals surface area contributed by atoms with E-state index in [0.717, 1.165) is 5.56 Å². The predicted molar refractivity (Wildman–Crippen MR) is 108 cm³/mol. The average molecular weight is 417 g/mol. The number of aliphatic hydroxyl groups is 1. The van der Waals surface area contributed by atoms with Gasteiger partial charge in [-0.25, -0.2) is 4.39 Å². The van der Waals surface area contributed by atoms with Gasteiger partial charge in [-0.1, -0.05) is 23.7 Å². The summed E-state index contributed by atoms with van der Waals surface area (Å²) in [6.07, 6.45) is 1.01. The Labute approximate surface area is 173 Å². The number of anilines is 1. The van der Waals surface area contributed by atoms with E-state index < -0.39 is 11.5 Å². The van der Waals surface area contributed by atoms with E-state index in [1.54, 1.807) is 29.2 Å². The lowest BCUT2D eigenvalue weighted by Gasteiger charge is -2.39.